The van der Waals surface area contributed by atoms with Crippen LogP contribution in [0.3, 0.4) is 0 Å². The van der Waals surface area contributed by atoms with Gasteiger partial charge in [0.2, 0.25) is 0 Å². The Morgan fingerprint density at radius 1 is 1.08 bits per heavy atom. The monoisotopic (exact) mass is 366 g/mol. The largest absolute Gasteiger partial charge is 0.493 e. The molecular formula is C19H17F3O4. The van der Waals surface area contributed by atoms with Crippen LogP contribution in [-0.4, -0.2) is 20.2 Å². The quantitative estimate of drug-likeness (QED) is 0.559. The molecule has 0 saturated heterocycles. The van der Waals surface area contributed by atoms with Crippen LogP contribution in [0.4, 0.5) is 13.2 Å². The molecule has 0 unspecified atom stereocenters. The lowest BCUT2D eigenvalue weighted by Gasteiger charge is -2.10. The smallest absolute Gasteiger partial charge is 0.416 e. The normalized spacial score (nSPS) is 11.4. The number of hydrogen-bond acceptors (Lipinski definition) is 4. The minimum absolute atomic E-state index is 0.250. The highest BCUT2D eigenvalue weighted by molar-refractivity contribution is 5.87. The Morgan fingerprint density at radius 3 is 2.46 bits per heavy atom. The summed E-state index contributed by atoms with van der Waals surface area (Å²) in [6.45, 7) is -0.262. The lowest BCUT2D eigenvalue weighted by molar-refractivity contribution is -0.138. The zero-order chi connectivity index (χ0) is 19.2. The molecule has 2 aromatic carbocycles. The number of carbonyl (C=O) groups excluding carboxylic acids is 1. The molecular weight excluding hydrogens is 349 g/mol. The fourth-order valence-electron chi connectivity index (χ4n) is 2.24. The van der Waals surface area contributed by atoms with Crippen molar-refractivity contribution in [2.75, 3.05) is 14.2 Å². The van der Waals surface area contributed by atoms with Crippen LogP contribution in [0.2, 0.25) is 0 Å². The Kier molecular flexibility index (Phi) is 6.27. The summed E-state index contributed by atoms with van der Waals surface area (Å²) in [5, 5.41) is 0. The van der Waals surface area contributed by atoms with E-state index >= 15 is 0 Å². The van der Waals surface area contributed by atoms with E-state index in [-0.39, 0.29) is 12.2 Å². The van der Waals surface area contributed by atoms with Gasteiger partial charge in [0.15, 0.2) is 11.5 Å². The molecule has 26 heavy (non-hydrogen) atoms. The molecule has 0 saturated carbocycles. The molecule has 0 atom stereocenters. The van der Waals surface area contributed by atoms with E-state index in [0.29, 0.717) is 17.1 Å². The fraction of sp³-hybridized carbons (Fsp3) is 0.211. The van der Waals surface area contributed by atoms with Gasteiger partial charge in [-0.2, -0.15) is 13.2 Å². The van der Waals surface area contributed by atoms with Crippen molar-refractivity contribution >= 4 is 12.0 Å². The number of rotatable bonds is 6. The molecule has 0 aliphatic rings. The van der Waals surface area contributed by atoms with Crippen LogP contribution in [0.1, 0.15) is 16.7 Å². The molecule has 2 aromatic rings. The SMILES string of the molecule is COc1cccc(C=CC(=O)OCc2cccc(C(F)(F)F)c2)c1OC. The third-order valence-electron chi connectivity index (χ3n) is 3.47. The van der Waals surface area contributed by atoms with E-state index in [0.717, 1.165) is 12.1 Å². The molecule has 0 radical (unpaired) electrons. The van der Waals surface area contributed by atoms with Gasteiger partial charge in [0, 0.05) is 11.6 Å². The minimum atomic E-state index is -4.44. The molecule has 0 heterocycles. The zero-order valence-electron chi connectivity index (χ0n) is 14.2. The van der Waals surface area contributed by atoms with E-state index in [1.165, 1.54) is 38.5 Å². The highest BCUT2D eigenvalue weighted by Gasteiger charge is 2.30. The number of alkyl halides is 3. The number of para-hydroxylation sites is 1. The molecule has 0 fully saturated rings. The summed E-state index contributed by atoms with van der Waals surface area (Å²) >= 11 is 0. The number of benzene rings is 2. The Hall–Kier alpha value is -2.96. The average molecular weight is 366 g/mol. The molecule has 0 aromatic heterocycles. The van der Waals surface area contributed by atoms with Gasteiger partial charge in [-0.3, -0.25) is 0 Å². The van der Waals surface area contributed by atoms with Crippen molar-refractivity contribution in [2.24, 2.45) is 0 Å². The summed E-state index contributed by atoms with van der Waals surface area (Å²) in [4.78, 5) is 11.8. The lowest BCUT2D eigenvalue weighted by Crippen LogP contribution is -2.06. The maximum Gasteiger partial charge on any atom is 0.416 e. The standard InChI is InChI=1S/C19H17F3O4/c1-24-16-8-4-6-14(18(16)25-2)9-10-17(23)26-12-13-5-3-7-15(11-13)19(20,21)22/h3-11H,12H2,1-2H3. The second-order valence-electron chi connectivity index (χ2n) is 5.22. The summed E-state index contributed by atoms with van der Waals surface area (Å²) in [7, 11) is 2.97. The van der Waals surface area contributed by atoms with Gasteiger partial charge < -0.3 is 14.2 Å². The Bertz CT molecular complexity index is 798. The van der Waals surface area contributed by atoms with Crippen LogP contribution in [0.15, 0.2) is 48.5 Å². The third kappa shape index (κ3) is 5.02. The first-order valence-electron chi connectivity index (χ1n) is 7.57. The first-order valence-corrected chi connectivity index (χ1v) is 7.57. The van der Waals surface area contributed by atoms with Crippen molar-refractivity contribution in [1.82, 2.24) is 0 Å². The topological polar surface area (TPSA) is 44.8 Å². The van der Waals surface area contributed by atoms with Crippen molar-refractivity contribution in [1.29, 1.82) is 0 Å². The predicted molar refractivity (Wildman–Crippen MR) is 89.8 cm³/mol. The third-order valence-corrected chi connectivity index (χ3v) is 3.47. The summed E-state index contributed by atoms with van der Waals surface area (Å²) in [5.74, 6) is 0.274. The van der Waals surface area contributed by atoms with Crippen molar-refractivity contribution in [3.8, 4) is 11.5 Å². The van der Waals surface area contributed by atoms with Crippen LogP contribution < -0.4 is 9.47 Å². The summed E-state index contributed by atoms with van der Waals surface area (Å²) < 4.78 is 53.4. The summed E-state index contributed by atoms with van der Waals surface area (Å²) in [5.41, 5.74) is 0.0612. The summed E-state index contributed by atoms with van der Waals surface area (Å²) in [6.07, 6.45) is -1.79. The molecule has 0 spiro atoms. The van der Waals surface area contributed by atoms with Crippen molar-refractivity contribution in [3.05, 3.63) is 65.2 Å². The van der Waals surface area contributed by atoms with Gasteiger partial charge in [-0.05, 0) is 29.8 Å². The van der Waals surface area contributed by atoms with Gasteiger partial charge in [0.1, 0.15) is 6.61 Å². The number of halogens is 3. The highest BCUT2D eigenvalue weighted by Crippen LogP contribution is 2.31. The van der Waals surface area contributed by atoms with E-state index in [2.05, 4.69) is 0 Å². The number of methoxy groups -OCH3 is 2. The van der Waals surface area contributed by atoms with E-state index in [4.69, 9.17) is 14.2 Å². The molecule has 0 amide bonds. The van der Waals surface area contributed by atoms with Crippen LogP contribution in [0, 0.1) is 0 Å². The van der Waals surface area contributed by atoms with Crippen molar-refractivity contribution in [3.63, 3.8) is 0 Å². The molecule has 2 rings (SSSR count). The lowest BCUT2D eigenvalue weighted by atomic mass is 10.1. The number of esters is 1. The minimum Gasteiger partial charge on any atom is -0.493 e. The Labute approximate surface area is 148 Å². The van der Waals surface area contributed by atoms with Crippen LogP contribution >= 0.6 is 0 Å². The first-order chi connectivity index (χ1) is 12.3. The molecule has 0 aliphatic carbocycles. The Morgan fingerprint density at radius 2 is 1.81 bits per heavy atom. The average Bonchev–Trinajstić information content (AvgIpc) is 2.63. The van der Waals surface area contributed by atoms with Gasteiger partial charge in [0.25, 0.3) is 0 Å². The van der Waals surface area contributed by atoms with Crippen LogP contribution in [0.5, 0.6) is 11.5 Å². The maximum atomic E-state index is 12.7. The van der Waals surface area contributed by atoms with Crippen molar-refractivity contribution < 1.29 is 32.2 Å². The van der Waals surface area contributed by atoms with E-state index < -0.39 is 17.7 Å². The van der Waals surface area contributed by atoms with Gasteiger partial charge in [-0.1, -0.05) is 24.3 Å². The van der Waals surface area contributed by atoms with Gasteiger partial charge in [-0.15, -0.1) is 0 Å². The molecule has 0 bridgehead atoms. The summed E-state index contributed by atoms with van der Waals surface area (Å²) in [6, 6.07) is 9.79. The molecule has 138 valence electrons. The van der Waals surface area contributed by atoms with E-state index in [1.807, 2.05) is 0 Å². The maximum absolute atomic E-state index is 12.7. The van der Waals surface area contributed by atoms with E-state index in [1.54, 1.807) is 18.2 Å². The number of ether oxygens (including phenoxy) is 3. The van der Waals surface area contributed by atoms with Gasteiger partial charge in [-0.25, -0.2) is 4.79 Å². The van der Waals surface area contributed by atoms with Crippen LogP contribution in [-0.2, 0) is 22.3 Å². The first kappa shape index (κ1) is 19.4. The van der Waals surface area contributed by atoms with Crippen LogP contribution in [0.25, 0.3) is 6.08 Å². The molecule has 0 aliphatic heterocycles. The second-order valence-corrected chi connectivity index (χ2v) is 5.22. The highest BCUT2D eigenvalue weighted by atomic mass is 19.4. The van der Waals surface area contributed by atoms with Gasteiger partial charge in [0.05, 0.1) is 19.8 Å². The molecule has 4 nitrogen and oxygen atoms in total. The number of carbonyl (C=O) groups is 1. The Balaban J connectivity index is 2.03. The predicted octanol–water partition coefficient (Wildman–Crippen LogP) is 4.48. The fourth-order valence-corrected chi connectivity index (χ4v) is 2.24. The molecule has 0 N–H and O–H groups in total. The number of hydrogen-bond donors (Lipinski definition) is 0. The second kappa shape index (κ2) is 8.42. The zero-order valence-corrected chi connectivity index (χ0v) is 14.2. The molecule has 7 heteroatoms. The van der Waals surface area contributed by atoms with Gasteiger partial charge >= 0.3 is 12.1 Å². The van der Waals surface area contributed by atoms with E-state index in [9.17, 15) is 18.0 Å². The van der Waals surface area contributed by atoms with Crippen molar-refractivity contribution in [2.45, 2.75) is 12.8 Å².